The molecule has 0 fully saturated rings. The van der Waals surface area contributed by atoms with Crippen LogP contribution >= 0.6 is 0 Å². The van der Waals surface area contributed by atoms with Crippen LogP contribution in [0.4, 0.5) is 11.4 Å². The molecule has 4 nitrogen and oxygen atoms in total. The second-order valence-electron chi connectivity index (χ2n) is 5.33. The Morgan fingerprint density at radius 1 is 1.10 bits per heavy atom. The minimum Gasteiger partial charge on any atom is -0.441 e. The molecule has 0 unspecified atom stereocenters. The van der Waals surface area contributed by atoms with E-state index in [4.69, 9.17) is 4.42 Å². The van der Waals surface area contributed by atoms with Crippen LogP contribution in [0, 0.1) is 6.92 Å². The molecule has 0 saturated heterocycles. The van der Waals surface area contributed by atoms with Gasteiger partial charge in [-0.1, -0.05) is 12.1 Å². The lowest BCUT2D eigenvalue weighted by Crippen LogP contribution is -2.08. The lowest BCUT2D eigenvalue weighted by Gasteiger charge is -2.13. The lowest BCUT2D eigenvalue weighted by atomic mass is 10.2. The van der Waals surface area contributed by atoms with Crippen LogP contribution in [0.25, 0.3) is 11.1 Å². The van der Waals surface area contributed by atoms with Crippen LogP contribution in [0.3, 0.4) is 0 Å². The molecule has 0 aliphatic heterocycles. The van der Waals surface area contributed by atoms with Crippen molar-refractivity contribution in [3.63, 3.8) is 0 Å². The second kappa shape index (κ2) is 5.48. The maximum Gasteiger partial charge on any atom is 0.192 e. The zero-order chi connectivity index (χ0) is 14.8. The molecular weight excluding hydrogens is 262 g/mol. The maximum absolute atomic E-state index is 5.48. The molecule has 0 aliphatic rings. The van der Waals surface area contributed by atoms with Gasteiger partial charge in [0.2, 0.25) is 0 Å². The third kappa shape index (κ3) is 2.99. The molecule has 2 aromatic carbocycles. The van der Waals surface area contributed by atoms with Gasteiger partial charge < -0.3 is 14.6 Å². The van der Waals surface area contributed by atoms with Crippen molar-refractivity contribution in [1.82, 2.24) is 4.98 Å². The fourth-order valence-corrected chi connectivity index (χ4v) is 2.27. The van der Waals surface area contributed by atoms with E-state index in [9.17, 15) is 0 Å². The van der Waals surface area contributed by atoms with Crippen molar-refractivity contribution >= 4 is 22.5 Å². The smallest absolute Gasteiger partial charge is 0.192 e. The van der Waals surface area contributed by atoms with Gasteiger partial charge in [0.1, 0.15) is 5.52 Å². The van der Waals surface area contributed by atoms with Gasteiger partial charge in [0.25, 0.3) is 0 Å². The van der Waals surface area contributed by atoms with Gasteiger partial charge in [-0.2, -0.15) is 0 Å². The number of anilines is 2. The van der Waals surface area contributed by atoms with Gasteiger partial charge in [-0.15, -0.1) is 0 Å². The van der Waals surface area contributed by atoms with Crippen molar-refractivity contribution in [2.45, 2.75) is 13.5 Å². The number of aromatic nitrogens is 1. The molecule has 1 N–H and O–H groups in total. The maximum atomic E-state index is 5.48. The van der Waals surface area contributed by atoms with E-state index in [0.717, 1.165) is 23.3 Å². The van der Waals surface area contributed by atoms with Crippen molar-refractivity contribution in [2.24, 2.45) is 0 Å². The molecule has 0 bridgehead atoms. The summed E-state index contributed by atoms with van der Waals surface area (Å²) < 4.78 is 5.48. The molecule has 0 spiro atoms. The predicted molar refractivity (Wildman–Crippen MR) is 86.8 cm³/mol. The third-order valence-electron chi connectivity index (χ3n) is 3.44. The molecule has 0 aliphatic carbocycles. The van der Waals surface area contributed by atoms with E-state index in [1.165, 1.54) is 11.3 Å². The molecule has 108 valence electrons. The van der Waals surface area contributed by atoms with E-state index in [2.05, 4.69) is 39.5 Å². The van der Waals surface area contributed by atoms with Crippen molar-refractivity contribution in [1.29, 1.82) is 0 Å². The first-order valence-corrected chi connectivity index (χ1v) is 6.99. The minimum absolute atomic E-state index is 0.696. The fourth-order valence-electron chi connectivity index (χ4n) is 2.27. The lowest BCUT2D eigenvalue weighted by molar-refractivity contribution is 0.561. The quantitative estimate of drug-likeness (QED) is 0.789. The van der Waals surface area contributed by atoms with Gasteiger partial charge in [-0.25, -0.2) is 4.98 Å². The molecule has 0 atom stereocenters. The standard InChI is InChI=1S/C17H19N3O/c1-12-19-16-10-14(6-9-17(16)21-12)18-11-13-4-7-15(8-5-13)20(2)3/h4-10,18H,11H2,1-3H3. The van der Waals surface area contributed by atoms with Gasteiger partial charge in [0, 0.05) is 38.9 Å². The Labute approximate surface area is 124 Å². The summed E-state index contributed by atoms with van der Waals surface area (Å²) in [5.74, 6) is 0.696. The van der Waals surface area contributed by atoms with E-state index in [1.807, 2.05) is 39.2 Å². The van der Waals surface area contributed by atoms with Crippen molar-refractivity contribution < 1.29 is 4.42 Å². The highest BCUT2D eigenvalue weighted by Gasteiger charge is 2.03. The van der Waals surface area contributed by atoms with Crippen LogP contribution in [0.15, 0.2) is 46.9 Å². The molecular formula is C17H19N3O. The summed E-state index contributed by atoms with van der Waals surface area (Å²) in [5, 5.41) is 3.42. The number of nitrogens with zero attached hydrogens (tertiary/aromatic N) is 2. The van der Waals surface area contributed by atoms with Crippen molar-refractivity contribution in [3.8, 4) is 0 Å². The average molecular weight is 281 g/mol. The third-order valence-corrected chi connectivity index (χ3v) is 3.44. The zero-order valence-electron chi connectivity index (χ0n) is 12.6. The molecule has 4 heteroatoms. The summed E-state index contributed by atoms with van der Waals surface area (Å²) in [6, 6.07) is 14.5. The van der Waals surface area contributed by atoms with E-state index in [-0.39, 0.29) is 0 Å². The molecule has 0 radical (unpaired) electrons. The van der Waals surface area contributed by atoms with Gasteiger partial charge in [0.05, 0.1) is 0 Å². The number of hydrogen-bond acceptors (Lipinski definition) is 4. The number of rotatable bonds is 4. The van der Waals surface area contributed by atoms with Crippen LogP contribution < -0.4 is 10.2 Å². The molecule has 0 amide bonds. The first-order chi connectivity index (χ1) is 10.1. The summed E-state index contributed by atoms with van der Waals surface area (Å²) in [6.07, 6.45) is 0. The topological polar surface area (TPSA) is 41.3 Å². The van der Waals surface area contributed by atoms with Crippen LogP contribution in [-0.2, 0) is 6.54 Å². The average Bonchev–Trinajstić information content (AvgIpc) is 2.84. The van der Waals surface area contributed by atoms with Crippen molar-refractivity contribution in [2.75, 3.05) is 24.3 Å². The Balaban J connectivity index is 1.70. The highest BCUT2D eigenvalue weighted by atomic mass is 16.3. The zero-order valence-corrected chi connectivity index (χ0v) is 12.6. The summed E-state index contributed by atoms with van der Waals surface area (Å²) in [4.78, 5) is 6.44. The Hall–Kier alpha value is -2.49. The summed E-state index contributed by atoms with van der Waals surface area (Å²) in [7, 11) is 4.09. The minimum atomic E-state index is 0.696. The number of oxazole rings is 1. The van der Waals surface area contributed by atoms with E-state index in [0.29, 0.717) is 5.89 Å². The fraction of sp³-hybridized carbons (Fsp3) is 0.235. The van der Waals surface area contributed by atoms with E-state index < -0.39 is 0 Å². The Morgan fingerprint density at radius 2 is 1.86 bits per heavy atom. The first-order valence-electron chi connectivity index (χ1n) is 6.99. The van der Waals surface area contributed by atoms with Crippen LogP contribution in [0.1, 0.15) is 11.5 Å². The Morgan fingerprint density at radius 3 is 2.57 bits per heavy atom. The number of hydrogen-bond donors (Lipinski definition) is 1. The summed E-state index contributed by atoms with van der Waals surface area (Å²) >= 11 is 0. The highest BCUT2D eigenvalue weighted by Crippen LogP contribution is 2.20. The monoisotopic (exact) mass is 281 g/mol. The van der Waals surface area contributed by atoms with Gasteiger partial charge in [0.15, 0.2) is 11.5 Å². The van der Waals surface area contributed by atoms with Crippen LogP contribution in [0.2, 0.25) is 0 Å². The van der Waals surface area contributed by atoms with Crippen LogP contribution in [-0.4, -0.2) is 19.1 Å². The van der Waals surface area contributed by atoms with E-state index >= 15 is 0 Å². The molecule has 0 saturated carbocycles. The molecule has 3 aromatic rings. The van der Waals surface area contributed by atoms with Crippen molar-refractivity contribution in [3.05, 3.63) is 53.9 Å². The second-order valence-corrected chi connectivity index (χ2v) is 5.33. The number of nitrogens with one attached hydrogen (secondary N) is 1. The van der Waals surface area contributed by atoms with Crippen LogP contribution in [0.5, 0.6) is 0 Å². The summed E-state index contributed by atoms with van der Waals surface area (Å²) in [5.41, 5.74) is 5.22. The normalized spacial score (nSPS) is 10.8. The predicted octanol–water partition coefficient (Wildman–Crippen LogP) is 3.81. The molecule has 3 rings (SSSR count). The van der Waals surface area contributed by atoms with Gasteiger partial charge in [-0.05, 0) is 35.9 Å². The van der Waals surface area contributed by atoms with Gasteiger partial charge >= 0.3 is 0 Å². The Bertz CT molecular complexity index is 744. The van der Waals surface area contributed by atoms with E-state index in [1.54, 1.807) is 0 Å². The highest BCUT2D eigenvalue weighted by molar-refractivity contribution is 5.77. The Kier molecular flexibility index (Phi) is 3.52. The number of fused-ring (bicyclic) bond motifs is 1. The SMILES string of the molecule is Cc1nc2cc(NCc3ccc(N(C)C)cc3)ccc2o1. The summed E-state index contributed by atoms with van der Waals surface area (Å²) in [6.45, 7) is 2.65. The largest absolute Gasteiger partial charge is 0.441 e. The molecule has 1 heterocycles. The molecule has 1 aromatic heterocycles. The van der Waals surface area contributed by atoms with Gasteiger partial charge in [-0.3, -0.25) is 0 Å². The number of aryl methyl sites for hydroxylation is 1. The first kappa shape index (κ1) is 13.5. The number of benzene rings is 2. The molecule has 21 heavy (non-hydrogen) atoms.